The second kappa shape index (κ2) is 5.21. The van der Waals surface area contributed by atoms with E-state index in [9.17, 15) is 0 Å². The van der Waals surface area contributed by atoms with Crippen molar-refractivity contribution < 1.29 is 0 Å². The summed E-state index contributed by atoms with van der Waals surface area (Å²) in [5.74, 6) is 0.870. The molecule has 0 aliphatic heterocycles. The number of anilines is 1. The van der Waals surface area contributed by atoms with Gasteiger partial charge in [0.2, 0.25) is 16.3 Å². The molecule has 0 radical (unpaired) electrons. The van der Waals surface area contributed by atoms with Crippen LogP contribution in [0, 0.1) is 0 Å². The van der Waals surface area contributed by atoms with Crippen molar-refractivity contribution in [2.45, 2.75) is 10.3 Å². The highest BCUT2D eigenvalue weighted by Gasteiger charge is 2.12. The largest absolute Gasteiger partial charge is 0.357 e. The highest BCUT2D eigenvalue weighted by atomic mass is 32.2. The lowest BCUT2D eigenvalue weighted by Gasteiger charge is -2.05. The van der Waals surface area contributed by atoms with Crippen molar-refractivity contribution >= 4 is 17.7 Å². The zero-order chi connectivity index (χ0) is 13.9. The Hall–Kier alpha value is -2.56. The summed E-state index contributed by atoms with van der Waals surface area (Å²) in [5.41, 5.74) is 0. The van der Waals surface area contributed by atoms with Crippen LogP contribution in [0.1, 0.15) is 0 Å². The van der Waals surface area contributed by atoms with E-state index in [4.69, 9.17) is 0 Å². The molecule has 10 nitrogen and oxygen atoms in total. The van der Waals surface area contributed by atoms with Crippen LogP contribution in [0.3, 0.4) is 0 Å². The second-order valence-corrected chi connectivity index (χ2v) is 4.56. The Bertz CT molecular complexity index is 705. The van der Waals surface area contributed by atoms with Crippen molar-refractivity contribution in [2.75, 3.05) is 12.4 Å². The molecule has 0 aliphatic rings. The minimum atomic E-state index is 0.423. The summed E-state index contributed by atoms with van der Waals surface area (Å²) >= 11 is 1.25. The molecule has 3 heterocycles. The maximum absolute atomic E-state index is 4.33. The Labute approximate surface area is 117 Å². The Kier molecular flexibility index (Phi) is 3.25. The van der Waals surface area contributed by atoms with Crippen molar-refractivity contribution in [3.63, 3.8) is 0 Å². The number of rotatable bonds is 4. The van der Waals surface area contributed by atoms with Gasteiger partial charge < -0.3 is 5.32 Å². The van der Waals surface area contributed by atoms with E-state index in [1.54, 1.807) is 41.9 Å². The lowest BCUT2D eigenvalue weighted by Crippen LogP contribution is -2.08. The first-order valence-electron chi connectivity index (χ1n) is 5.60. The SMILES string of the molecule is CNc1nc(Sc2nnnn2C)nc(-n2cccn2)n1. The van der Waals surface area contributed by atoms with Gasteiger partial charge in [-0.3, -0.25) is 0 Å². The van der Waals surface area contributed by atoms with Gasteiger partial charge in [-0.15, -0.1) is 5.10 Å². The van der Waals surface area contributed by atoms with Gasteiger partial charge in [0.1, 0.15) is 0 Å². The van der Waals surface area contributed by atoms with E-state index in [1.807, 2.05) is 0 Å². The first-order valence-corrected chi connectivity index (χ1v) is 6.42. The minimum absolute atomic E-state index is 0.423. The van der Waals surface area contributed by atoms with Crippen molar-refractivity contribution in [1.29, 1.82) is 0 Å². The van der Waals surface area contributed by atoms with Crippen LogP contribution < -0.4 is 5.32 Å². The predicted molar refractivity (Wildman–Crippen MR) is 69.4 cm³/mol. The van der Waals surface area contributed by atoms with Crippen molar-refractivity contribution in [1.82, 2.24) is 44.9 Å². The molecule has 0 bridgehead atoms. The summed E-state index contributed by atoms with van der Waals surface area (Å²) in [6.45, 7) is 0. The van der Waals surface area contributed by atoms with E-state index >= 15 is 0 Å². The molecule has 102 valence electrons. The molecular weight excluding hydrogens is 280 g/mol. The van der Waals surface area contributed by atoms with Crippen LogP contribution in [0.2, 0.25) is 0 Å². The topological polar surface area (TPSA) is 112 Å². The standard InChI is InChI=1S/C9H10N10S/c1-10-6-12-7(19-5-3-4-11-19)14-8(13-6)20-9-15-16-17-18(9)2/h3-5H,1-2H3,(H,10,12,13,14). The lowest BCUT2D eigenvalue weighted by molar-refractivity contribution is 0.663. The normalized spacial score (nSPS) is 10.7. The van der Waals surface area contributed by atoms with Gasteiger partial charge in [-0.05, 0) is 28.3 Å². The first kappa shape index (κ1) is 12.5. The molecule has 1 N–H and O–H groups in total. The third-order valence-corrected chi connectivity index (χ3v) is 3.19. The van der Waals surface area contributed by atoms with Gasteiger partial charge in [0.25, 0.3) is 5.95 Å². The fraction of sp³-hybridized carbons (Fsp3) is 0.222. The molecule has 3 aromatic heterocycles. The number of tetrazole rings is 1. The van der Waals surface area contributed by atoms with Crippen molar-refractivity contribution in [3.8, 4) is 5.95 Å². The average molecular weight is 290 g/mol. The number of hydrogen-bond acceptors (Lipinski definition) is 9. The van der Waals surface area contributed by atoms with E-state index in [-0.39, 0.29) is 0 Å². The van der Waals surface area contributed by atoms with Gasteiger partial charge in [0.05, 0.1) is 0 Å². The third kappa shape index (κ3) is 2.42. The summed E-state index contributed by atoms with van der Waals surface area (Å²) in [6.07, 6.45) is 3.41. The van der Waals surface area contributed by atoms with Crippen LogP contribution in [-0.2, 0) is 7.05 Å². The van der Waals surface area contributed by atoms with Gasteiger partial charge in [0.15, 0.2) is 0 Å². The Morgan fingerprint density at radius 1 is 1.25 bits per heavy atom. The molecule has 0 saturated carbocycles. The highest BCUT2D eigenvalue weighted by Crippen LogP contribution is 2.22. The lowest BCUT2D eigenvalue weighted by atomic mass is 10.7. The molecule has 0 unspecified atom stereocenters. The summed E-state index contributed by atoms with van der Waals surface area (Å²) in [6, 6.07) is 1.79. The average Bonchev–Trinajstić information content (AvgIpc) is 3.11. The van der Waals surface area contributed by atoms with E-state index in [2.05, 4.69) is 40.9 Å². The number of aromatic nitrogens is 9. The molecule has 0 fully saturated rings. The van der Waals surface area contributed by atoms with Crippen LogP contribution >= 0.6 is 11.8 Å². The first-order chi connectivity index (χ1) is 9.76. The molecule has 11 heteroatoms. The van der Waals surface area contributed by atoms with Crippen LogP contribution in [0.5, 0.6) is 0 Å². The van der Waals surface area contributed by atoms with Gasteiger partial charge in [-0.25, -0.2) is 9.36 Å². The van der Waals surface area contributed by atoms with Gasteiger partial charge in [0, 0.05) is 26.5 Å². The molecular formula is C9H10N10S. The predicted octanol–water partition coefficient (Wildman–Crippen LogP) is -0.226. The fourth-order valence-corrected chi connectivity index (χ4v) is 2.05. The summed E-state index contributed by atoms with van der Waals surface area (Å²) in [4.78, 5) is 12.8. The van der Waals surface area contributed by atoms with Gasteiger partial charge in [-0.1, -0.05) is 0 Å². The number of nitrogens with one attached hydrogen (secondary N) is 1. The van der Waals surface area contributed by atoms with Crippen LogP contribution in [0.4, 0.5) is 5.95 Å². The molecule has 20 heavy (non-hydrogen) atoms. The maximum Gasteiger partial charge on any atom is 0.256 e. The highest BCUT2D eigenvalue weighted by molar-refractivity contribution is 7.99. The zero-order valence-corrected chi connectivity index (χ0v) is 11.5. The van der Waals surface area contributed by atoms with E-state index in [1.165, 1.54) is 11.8 Å². The van der Waals surface area contributed by atoms with Crippen molar-refractivity contribution in [2.24, 2.45) is 7.05 Å². The summed E-state index contributed by atoms with van der Waals surface area (Å²) in [7, 11) is 3.48. The Balaban J connectivity index is 1.98. The molecule has 0 saturated heterocycles. The quantitative estimate of drug-likeness (QED) is 0.696. The summed E-state index contributed by atoms with van der Waals surface area (Å²) in [5, 5.41) is 19.3. The molecule has 0 spiro atoms. The smallest absolute Gasteiger partial charge is 0.256 e. The molecule has 3 aromatic rings. The number of hydrogen-bond donors (Lipinski definition) is 1. The second-order valence-electron chi connectivity index (χ2n) is 3.63. The van der Waals surface area contributed by atoms with E-state index in [0.29, 0.717) is 22.2 Å². The maximum atomic E-state index is 4.33. The molecule has 0 amide bonds. The van der Waals surface area contributed by atoms with Gasteiger partial charge >= 0.3 is 0 Å². The molecule has 0 aliphatic carbocycles. The van der Waals surface area contributed by atoms with Crippen LogP contribution in [-0.4, -0.2) is 52.0 Å². The van der Waals surface area contributed by atoms with Crippen LogP contribution in [0.25, 0.3) is 5.95 Å². The zero-order valence-electron chi connectivity index (χ0n) is 10.7. The van der Waals surface area contributed by atoms with E-state index in [0.717, 1.165) is 0 Å². The molecule has 0 atom stereocenters. The minimum Gasteiger partial charge on any atom is -0.357 e. The summed E-state index contributed by atoms with van der Waals surface area (Å²) < 4.78 is 3.10. The fourth-order valence-electron chi connectivity index (χ4n) is 1.38. The Morgan fingerprint density at radius 2 is 2.15 bits per heavy atom. The number of nitrogens with zero attached hydrogens (tertiary/aromatic N) is 9. The van der Waals surface area contributed by atoms with E-state index < -0.39 is 0 Å². The number of aryl methyl sites for hydroxylation is 1. The molecule has 0 aromatic carbocycles. The monoisotopic (exact) mass is 290 g/mol. The molecule has 3 rings (SSSR count). The Morgan fingerprint density at radius 3 is 2.80 bits per heavy atom. The van der Waals surface area contributed by atoms with Crippen molar-refractivity contribution in [3.05, 3.63) is 18.5 Å². The third-order valence-electron chi connectivity index (χ3n) is 2.30. The van der Waals surface area contributed by atoms with Gasteiger partial charge in [-0.2, -0.15) is 20.1 Å². The van der Waals surface area contributed by atoms with Crippen LogP contribution in [0.15, 0.2) is 28.8 Å².